The van der Waals surface area contributed by atoms with Crippen molar-refractivity contribution in [2.45, 2.75) is 104 Å². The van der Waals surface area contributed by atoms with Crippen molar-refractivity contribution in [3.05, 3.63) is 5.01 Å². The molecule has 1 aromatic rings. The molecule has 138 valence electrons. The van der Waals surface area contributed by atoms with E-state index >= 15 is 0 Å². The largest absolute Gasteiger partial charge is 0.301 e. The Morgan fingerprint density at radius 2 is 1.33 bits per heavy atom. The molecule has 0 aliphatic carbocycles. The molecule has 0 saturated heterocycles. The Bertz CT molecular complexity index is 434. The van der Waals surface area contributed by atoms with E-state index in [1.54, 1.807) is 0 Å². The van der Waals surface area contributed by atoms with Crippen LogP contribution in [0.15, 0.2) is 0 Å². The summed E-state index contributed by atoms with van der Waals surface area (Å²) >= 11 is 1.49. The normalized spacial score (nSPS) is 10.9. The first-order valence-corrected chi connectivity index (χ1v) is 10.6. The van der Waals surface area contributed by atoms with Crippen LogP contribution in [0.25, 0.3) is 0 Å². The van der Waals surface area contributed by atoms with Gasteiger partial charge >= 0.3 is 0 Å². The second-order valence-corrected chi connectivity index (χ2v) is 7.74. The smallest absolute Gasteiger partial charge is 0.223 e. The predicted octanol–water partition coefficient (Wildman–Crippen LogP) is 6.13. The van der Waals surface area contributed by atoms with Crippen molar-refractivity contribution < 1.29 is 4.79 Å². The third-order valence-corrected chi connectivity index (χ3v) is 5.14. The number of aromatic nitrogens is 2. The molecule has 1 amide bonds. The van der Waals surface area contributed by atoms with Crippen molar-refractivity contribution in [2.24, 2.45) is 0 Å². The van der Waals surface area contributed by atoms with E-state index in [2.05, 4.69) is 22.4 Å². The van der Waals surface area contributed by atoms with Gasteiger partial charge in [0, 0.05) is 13.3 Å². The average molecular weight is 354 g/mol. The maximum atomic E-state index is 10.9. The lowest BCUT2D eigenvalue weighted by Gasteiger charge is -2.02. The van der Waals surface area contributed by atoms with Crippen molar-refractivity contribution in [1.82, 2.24) is 10.2 Å². The second-order valence-electron chi connectivity index (χ2n) is 6.67. The summed E-state index contributed by atoms with van der Waals surface area (Å²) < 4.78 is 0. The summed E-state index contributed by atoms with van der Waals surface area (Å²) in [6.45, 7) is 3.77. The quantitative estimate of drug-likeness (QED) is 0.386. The number of carbonyl (C=O) groups is 1. The third-order valence-electron chi connectivity index (χ3n) is 4.24. The van der Waals surface area contributed by atoms with Gasteiger partial charge in [-0.1, -0.05) is 95.3 Å². The maximum Gasteiger partial charge on any atom is 0.223 e. The maximum absolute atomic E-state index is 10.9. The number of nitrogens with zero attached hydrogens (tertiary/aromatic N) is 2. The molecule has 24 heavy (non-hydrogen) atoms. The molecule has 0 fully saturated rings. The molecule has 4 nitrogen and oxygen atoms in total. The predicted molar refractivity (Wildman–Crippen MR) is 104 cm³/mol. The van der Waals surface area contributed by atoms with E-state index in [0.717, 1.165) is 11.4 Å². The van der Waals surface area contributed by atoms with Gasteiger partial charge in [-0.3, -0.25) is 4.79 Å². The van der Waals surface area contributed by atoms with E-state index in [-0.39, 0.29) is 5.91 Å². The van der Waals surface area contributed by atoms with Crippen LogP contribution in [0.2, 0.25) is 0 Å². The van der Waals surface area contributed by atoms with Crippen LogP contribution in [0, 0.1) is 0 Å². The van der Waals surface area contributed by atoms with Crippen molar-refractivity contribution in [2.75, 3.05) is 5.32 Å². The molecule has 0 radical (unpaired) electrons. The molecule has 1 rings (SSSR count). The monoisotopic (exact) mass is 353 g/mol. The number of aryl methyl sites for hydroxylation is 1. The average Bonchev–Trinajstić information content (AvgIpc) is 2.98. The number of hydrogen-bond acceptors (Lipinski definition) is 4. The molecular formula is C19H35N3OS. The standard InChI is InChI=1S/C19H35N3OS/c1-3-4-5-6-7-8-9-10-11-12-13-14-15-16-18-21-22-19(24-18)20-17(2)23/h3-16H2,1-2H3,(H,20,22,23). The van der Waals surface area contributed by atoms with Gasteiger partial charge < -0.3 is 5.32 Å². The van der Waals surface area contributed by atoms with Gasteiger partial charge in [0.1, 0.15) is 5.01 Å². The highest BCUT2D eigenvalue weighted by Crippen LogP contribution is 2.18. The second kappa shape index (κ2) is 14.4. The van der Waals surface area contributed by atoms with Crippen LogP contribution in [-0.2, 0) is 11.2 Å². The Balaban J connectivity index is 1.85. The van der Waals surface area contributed by atoms with Crippen LogP contribution in [0.1, 0.15) is 102 Å². The Labute approximate surface area is 151 Å². The number of rotatable bonds is 15. The Hall–Kier alpha value is -0.970. The van der Waals surface area contributed by atoms with Crippen LogP contribution in [-0.4, -0.2) is 16.1 Å². The van der Waals surface area contributed by atoms with Gasteiger partial charge in [0.05, 0.1) is 0 Å². The first-order chi connectivity index (χ1) is 11.7. The lowest BCUT2D eigenvalue weighted by Crippen LogP contribution is -2.04. The van der Waals surface area contributed by atoms with E-state index in [1.165, 1.54) is 102 Å². The fraction of sp³-hybridized carbons (Fsp3) is 0.842. The topological polar surface area (TPSA) is 54.9 Å². The highest BCUT2D eigenvalue weighted by molar-refractivity contribution is 7.15. The van der Waals surface area contributed by atoms with E-state index in [9.17, 15) is 4.79 Å². The summed E-state index contributed by atoms with van der Waals surface area (Å²) in [5.41, 5.74) is 0. The zero-order valence-corrected chi connectivity index (χ0v) is 16.4. The van der Waals surface area contributed by atoms with Crippen molar-refractivity contribution in [1.29, 1.82) is 0 Å². The van der Waals surface area contributed by atoms with Crippen molar-refractivity contribution in [3.8, 4) is 0 Å². The summed E-state index contributed by atoms with van der Waals surface area (Å²) in [6, 6.07) is 0. The van der Waals surface area contributed by atoms with Crippen LogP contribution in [0.5, 0.6) is 0 Å². The Morgan fingerprint density at radius 3 is 1.83 bits per heavy atom. The molecule has 0 aliphatic heterocycles. The molecule has 0 unspecified atom stereocenters. The highest BCUT2D eigenvalue weighted by Gasteiger charge is 2.04. The molecule has 5 heteroatoms. The molecule has 0 aliphatic rings. The van der Waals surface area contributed by atoms with E-state index < -0.39 is 0 Å². The first kappa shape index (κ1) is 21.1. The molecule has 0 spiro atoms. The van der Waals surface area contributed by atoms with Gasteiger partial charge in [0.2, 0.25) is 11.0 Å². The molecule has 1 aromatic heterocycles. The van der Waals surface area contributed by atoms with E-state index in [4.69, 9.17) is 0 Å². The zero-order valence-electron chi connectivity index (χ0n) is 15.6. The summed E-state index contributed by atoms with van der Waals surface area (Å²) in [6.07, 6.45) is 18.8. The molecule has 0 atom stereocenters. The summed E-state index contributed by atoms with van der Waals surface area (Å²) in [7, 11) is 0. The number of amides is 1. The van der Waals surface area contributed by atoms with Crippen LogP contribution in [0.4, 0.5) is 5.13 Å². The fourth-order valence-corrected chi connectivity index (χ4v) is 3.68. The SMILES string of the molecule is CCCCCCCCCCCCCCCc1nnc(NC(C)=O)s1. The third kappa shape index (κ3) is 11.5. The number of carbonyl (C=O) groups excluding carboxylic acids is 1. The van der Waals surface area contributed by atoms with Gasteiger partial charge in [-0.2, -0.15) is 0 Å². The fourth-order valence-electron chi connectivity index (χ4n) is 2.85. The molecule has 1 N–H and O–H groups in total. The number of nitrogens with one attached hydrogen (secondary N) is 1. The van der Waals surface area contributed by atoms with Crippen LogP contribution in [0.3, 0.4) is 0 Å². The van der Waals surface area contributed by atoms with Gasteiger partial charge in [-0.15, -0.1) is 10.2 Å². The number of anilines is 1. The molecule has 0 bridgehead atoms. The Kier molecular flexibility index (Phi) is 12.6. The van der Waals surface area contributed by atoms with Crippen LogP contribution >= 0.6 is 11.3 Å². The lowest BCUT2D eigenvalue weighted by molar-refractivity contribution is -0.114. The molecular weight excluding hydrogens is 318 g/mol. The molecule has 1 heterocycles. The molecule has 0 saturated carbocycles. The molecule has 0 aromatic carbocycles. The Morgan fingerprint density at radius 1 is 0.833 bits per heavy atom. The first-order valence-electron chi connectivity index (χ1n) is 9.82. The highest BCUT2D eigenvalue weighted by atomic mass is 32.1. The minimum atomic E-state index is -0.0846. The van der Waals surface area contributed by atoms with Crippen molar-refractivity contribution >= 4 is 22.4 Å². The summed E-state index contributed by atoms with van der Waals surface area (Å²) in [5, 5.41) is 12.4. The number of hydrogen-bond donors (Lipinski definition) is 1. The van der Waals surface area contributed by atoms with E-state index in [1.807, 2.05) is 0 Å². The number of unbranched alkanes of at least 4 members (excludes halogenated alkanes) is 12. The van der Waals surface area contributed by atoms with E-state index in [0.29, 0.717) is 5.13 Å². The van der Waals surface area contributed by atoms with Crippen molar-refractivity contribution in [3.63, 3.8) is 0 Å². The zero-order chi connectivity index (χ0) is 17.5. The lowest BCUT2D eigenvalue weighted by atomic mass is 10.0. The summed E-state index contributed by atoms with van der Waals surface area (Å²) in [4.78, 5) is 10.9. The van der Waals surface area contributed by atoms with Crippen LogP contribution < -0.4 is 5.32 Å². The van der Waals surface area contributed by atoms with Gasteiger partial charge in [0.25, 0.3) is 0 Å². The summed E-state index contributed by atoms with van der Waals surface area (Å²) in [5.74, 6) is -0.0846. The van der Waals surface area contributed by atoms with Gasteiger partial charge in [-0.05, 0) is 6.42 Å². The minimum Gasteiger partial charge on any atom is -0.301 e. The van der Waals surface area contributed by atoms with Gasteiger partial charge in [-0.25, -0.2) is 0 Å². The van der Waals surface area contributed by atoms with Gasteiger partial charge in [0.15, 0.2) is 0 Å². The minimum absolute atomic E-state index is 0.0846.